The number of nitrogen functional groups attached to an aromatic ring is 1. The molecule has 0 bridgehead atoms. The molecule has 0 saturated carbocycles. The second kappa shape index (κ2) is 5.48. The molecule has 1 aliphatic heterocycles. The van der Waals surface area contributed by atoms with E-state index in [1.165, 1.54) is 7.11 Å². The normalized spacial score (nSPS) is 18.4. The molecule has 1 saturated heterocycles. The standard InChI is InChI=1S/C13H15ClN2O3/c1-19-13(18)8-2-3-16(7-8)12(17)9-4-10(14)6-11(15)5-9/h4-6,8H,2-3,7,15H2,1H3. The summed E-state index contributed by atoms with van der Waals surface area (Å²) in [6, 6.07) is 4.74. The molecule has 19 heavy (non-hydrogen) atoms. The largest absolute Gasteiger partial charge is 0.469 e. The van der Waals surface area contributed by atoms with Crippen LogP contribution in [0.1, 0.15) is 16.8 Å². The van der Waals surface area contributed by atoms with E-state index >= 15 is 0 Å². The highest BCUT2D eigenvalue weighted by molar-refractivity contribution is 6.31. The van der Waals surface area contributed by atoms with Gasteiger partial charge in [0.05, 0.1) is 13.0 Å². The van der Waals surface area contributed by atoms with Gasteiger partial charge >= 0.3 is 5.97 Å². The number of anilines is 1. The first-order valence-corrected chi connectivity index (χ1v) is 6.32. The average Bonchev–Trinajstić information content (AvgIpc) is 2.85. The number of hydrogen-bond donors (Lipinski definition) is 1. The SMILES string of the molecule is COC(=O)C1CCN(C(=O)c2cc(N)cc(Cl)c2)C1. The number of likely N-dealkylation sites (tertiary alicyclic amines) is 1. The van der Waals surface area contributed by atoms with Gasteiger partial charge in [0.15, 0.2) is 0 Å². The summed E-state index contributed by atoms with van der Waals surface area (Å²) in [6.07, 6.45) is 0.620. The quantitative estimate of drug-likeness (QED) is 0.660. The molecule has 1 heterocycles. The fourth-order valence-electron chi connectivity index (χ4n) is 2.22. The predicted molar refractivity (Wildman–Crippen MR) is 71.9 cm³/mol. The Balaban J connectivity index is 2.11. The highest BCUT2D eigenvalue weighted by atomic mass is 35.5. The maximum Gasteiger partial charge on any atom is 0.310 e. The van der Waals surface area contributed by atoms with Crippen LogP contribution in [0.3, 0.4) is 0 Å². The van der Waals surface area contributed by atoms with Gasteiger partial charge in [0, 0.05) is 29.4 Å². The third kappa shape index (κ3) is 2.98. The van der Waals surface area contributed by atoms with Crippen LogP contribution >= 0.6 is 11.6 Å². The second-order valence-electron chi connectivity index (χ2n) is 4.53. The summed E-state index contributed by atoms with van der Waals surface area (Å²) in [5.41, 5.74) is 6.55. The van der Waals surface area contributed by atoms with Gasteiger partial charge in [-0.2, -0.15) is 0 Å². The van der Waals surface area contributed by atoms with Crippen LogP contribution in [0.15, 0.2) is 18.2 Å². The summed E-state index contributed by atoms with van der Waals surface area (Å²) in [4.78, 5) is 25.3. The van der Waals surface area contributed by atoms with E-state index in [0.717, 1.165) is 0 Å². The van der Waals surface area contributed by atoms with Crippen molar-refractivity contribution in [3.63, 3.8) is 0 Å². The number of methoxy groups -OCH3 is 1. The van der Waals surface area contributed by atoms with Gasteiger partial charge in [0.1, 0.15) is 0 Å². The number of carbonyl (C=O) groups is 2. The number of nitrogens with two attached hydrogens (primary N) is 1. The molecular weight excluding hydrogens is 268 g/mol. The number of amides is 1. The monoisotopic (exact) mass is 282 g/mol. The number of ether oxygens (including phenoxy) is 1. The van der Waals surface area contributed by atoms with Crippen molar-refractivity contribution in [2.75, 3.05) is 25.9 Å². The number of nitrogens with zero attached hydrogens (tertiary/aromatic N) is 1. The molecule has 5 nitrogen and oxygen atoms in total. The molecule has 1 unspecified atom stereocenters. The first-order valence-electron chi connectivity index (χ1n) is 5.94. The van der Waals surface area contributed by atoms with E-state index in [4.69, 9.17) is 17.3 Å². The molecule has 2 rings (SSSR count). The molecular formula is C13H15ClN2O3. The minimum absolute atomic E-state index is 0.166. The minimum Gasteiger partial charge on any atom is -0.469 e. The van der Waals surface area contributed by atoms with Crippen LogP contribution in [0.2, 0.25) is 5.02 Å². The number of hydrogen-bond acceptors (Lipinski definition) is 4. The fourth-order valence-corrected chi connectivity index (χ4v) is 2.47. The lowest BCUT2D eigenvalue weighted by Gasteiger charge is -2.16. The van der Waals surface area contributed by atoms with Crippen LogP contribution < -0.4 is 5.73 Å². The molecule has 6 heteroatoms. The van der Waals surface area contributed by atoms with Crippen molar-refractivity contribution in [3.05, 3.63) is 28.8 Å². The van der Waals surface area contributed by atoms with Crippen molar-refractivity contribution in [2.45, 2.75) is 6.42 Å². The van der Waals surface area contributed by atoms with Gasteiger partial charge in [0.25, 0.3) is 5.91 Å². The third-order valence-electron chi connectivity index (χ3n) is 3.18. The molecule has 1 fully saturated rings. The van der Waals surface area contributed by atoms with Crippen molar-refractivity contribution in [1.82, 2.24) is 4.90 Å². The molecule has 2 N–H and O–H groups in total. The van der Waals surface area contributed by atoms with Gasteiger partial charge in [-0.25, -0.2) is 0 Å². The highest BCUT2D eigenvalue weighted by Gasteiger charge is 2.32. The number of carbonyl (C=O) groups excluding carboxylic acids is 2. The molecule has 1 amide bonds. The lowest BCUT2D eigenvalue weighted by atomic mass is 10.1. The summed E-state index contributed by atoms with van der Waals surface area (Å²) in [6.45, 7) is 0.906. The van der Waals surface area contributed by atoms with Crippen molar-refractivity contribution < 1.29 is 14.3 Å². The summed E-state index contributed by atoms with van der Waals surface area (Å²) >= 11 is 5.88. The van der Waals surface area contributed by atoms with Gasteiger partial charge in [-0.1, -0.05) is 11.6 Å². The summed E-state index contributed by atoms with van der Waals surface area (Å²) in [5, 5.41) is 0.423. The fraction of sp³-hybridized carbons (Fsp3) is 0.385. The maximum absolute atomic E-state index is 12.3. The smallest absolute Gasteiger partial charge is 0.310 e. The molecule has 0 spiro atoms. The molecule has 102 valence electrons. The zero-order valence-electron chi connectivity index (χ0n) is 10.6. The average molecular weight is 283 g/mol. The van der Waals surface area contributed by atoms with Crippen LogP contribution in [0.4, 0.5) is 5.69 Å². The Bertz CT molecular complexity index is 498. The van der Waals surface area contributed by atoms with E-state index in [9.17, 15) is 9.59 Å². The van der Waals surface area contributed by atoms with E-state index in [2.05, 4.69) is 4.74 Å². The Labute approximate surface area is 116 Å². The molecule has 0 aromatic heterocycles. The van der Waals surface area contributed by atoms with E-state index in [0.29, 0.717) is 35.8 Å². The summed E-state index contributed by atoms with van der Waals surface area (Å²) in [5.74, 6) is -0.688. The van der Waals surface area contributed by atoms with Crippen LogP contribution in [0.25, 0.3) is 0 Å². The Hall–Kier alpha value is -1.75. The van der Waals surface area contributed by atoms with Gasteiger partial charge in [-0.15, -0.1) is 0 Å². The first-order chi connectivity index (χ1) is 9.01. The number of esters is 1. The van der Waals surface area contributed by atoms with E-state index in [1.807, 2.05) is 0 Å². The summed E-state index contributed by atoms with van der Waals surface area (Å²) in [7, 11) is 1.35. The molecule has 0 aliphatic carbocycles. The number of halogens is 1. The molecule has 1 atom stereocenters. The van der Waals surface area contributed by atoms with E-state index < -0.39 is 0 Å². The van der Waals surface area contributed by atoms with Gasteiger partial charge in [0.2, 0.25) is 0 Å². The zero-order valence-corrected chi connectivity index (χ0v) is 11.3. The Kier molecular flexibility index (Phi) is 3.95. The molecule has 1 aromatic carbocycles. The number of benzene rings is 1. The molecule has 0 radical (unpaired) electrons. The van der Waals surface area contributed by atoms with Crippen molar-refractivity contribution in [2.24, 2.45) is 5.92 Å². The zero-order chi connectivity index (χ0) is 14.0. The van der Waals surface area contributed by atoms with Gasteiger partial charge in [-0.05, 0) is 24.6 Å². The van der Waals surface area contributed by atoms with E-state index in [1.54, 1.807) is 23.1 Å². The molecule has 1 aliphatic rings. The van der Waals surface area contributed by atoms with Crippen LogP contribution in [0, 0.1) is 5.92 Å². The topological polar surface area (TPSA) is 72.6 Å². The highest BCUT2D eigenvalue weighted by Crippen LogP contribution is 2.22. The first kappa shape index (κ1) is 13.7. The Morgan fingerprint density at radius 1 is 1.42 bits per heavy atom. The van der Waals surface area contributed by atoms with Crippen LogP contribution in [-0.2, 0) is 9.53 Å². The van der Waals surface area contributed by atoms with Crippen LogP contribution in [0.5, 0.6) is 0 Å². The Morgan fingerprint density at radius 3 is 2.79 bits per heavy atom. The lowest BCUT2D eigenvalue weighted by Crippen LogP contribution is -2.30. The van der Waals surface area contributed by atoms with E-state index in [-0.39, 0.29) is 17.8 Å². The Morgan fingerprint density at radius 2 is 2.16 bits per heavy atom. The maximum atomic E-state index is 12.3. The predicted octanol–water partition coefficient (Wildman–Crippen LogP) is 1.56. The lowest BCUT2D eigenvalue weighted by molar-refractivity contribution is -0.144. The van der Waals surface area contributed by atoms with Crippen molar-refractivity contribution in [1.29, 1.82) is 0 Å². The van der Waals surface area contributed by atoms with Crippen molar-refractivity contribution >= 4 is 29.2 Å². The van der Waals surface area contributed by atoms with Gasteiger partial charge in [-0.3, -0.25) is 9.59 Å². The summed E-state index contributed by atoms with van der Waals surface area (Å²) < 4.78 is 4.69. The number of rotatable bonds is 2. The minimum atomic E-state index is -0.277. The van der Waals surface area contributed by atoms with Crippen molar-refractivity contribution in [3.8, 4) is 0 Å². The molecule has 1 aromatic rings. The van der Waals surface area contributed by atoms with Gasteiger partial charge < -0.3 is 15.4 Å². The third-order valence-corrected chi connectivity index (χ3v) is 3.40. The second-order valence-corrected chi connectivity index (χ2v) is 4.97. The van der Waals surface area contributed by atoms with Crippen LogP contribution in [-0.4, -0.2) is 37.0 Å².